The number of carbonyl (C=O) groups is 1. The third-order valence-corrected chi connectivity index (χ3v) is 2.37. The van der Waals surface area contributed by atoms with Crippen LogP contribution in [-0.2, 0) is 11.2 Å². The molecule has 0 amide bonds. The molecule has 1 unspecified atom stereocenters. The highest BCUT2D eigenvalue weighted by Crippen LogP contribution is 2.07. The molecule has 3 heteroatoms. The molecule has 1 rings (SSSR count). The van der Waals surface area contributed by atoms with E-state index in [4.69, 9.17) is 0 Å². The van der Waals surface area contributed by atoms with Gasteiger partial charge in [0, 0.05) is 13.3 Å². The average Bonchev–Trinajstić information content (AvgIpc) is 2.39. The Morgan fingerprint density at radius 3 is 3.00 bits per heavy atom. The zero-order valence-electron chi connectivity index (χ0n) is 6.54. The first-order valence-corrected chi connectivity index (χ1v) is 4.49. The summed E-state index contributed by atoms with van der Waals surface area (Å²) < 4.78 is 0. The molecule has 0 aliphatic heterocycles. The van der Waals surface area contributed by atoms with Crippen molar-refractivity contribution in [1.29, 1.82) is 0 Å². The van der Waals surface area contributed by atoms with E-state index in [0.717, 1.165) is 6.42 Å². The van der Waals surface area contributed by atoms with Crippen molar-refractivity contribution in [3.8, 4) is 0 Å². The van der Waals surface area contributed by atoms with Gasteiger partial charge in [-0.25, -0.2) is 0 Å². The zero-order chi connectivity index (χ0) is 8.27. The first-order chi connectivity index (χ1) is 5.20. The lowest BCUT2D eigenvalue weighted by Gasteiger charge is -2.00. The maximum absolute atomic E-state index is 10.8. The molecule has 0 aromatic carbocycles. The number of quaternary nitrogens is 1. The van der Waals surface area contributed by atoms with Crippen LogP contribution in [0.5, 0.6) is 0 Å². The molecule has 0 spiro atoms. The molecule has 11 heavy (non-hydrogen) atoms. The smallest absolute Gasteiger partial charge is 0.187 e. The Labute approximate surface area is 70.0 Å². The van der Waals surface area contributed by atoms with Gasteiger partial charge in [-0.1, -0.05) is 0 Å². The second-order valence-electron chi connectivity index (χ2n) is 2.64. The maximum Gasteiger partial charge on any atom is 0.187 e. The largest absolute Gasteiger partial charge is 0.349 e. The fourth-order valence-corrected chi connectivity index (χ4v) is 1.52. The van der Waals surface area contributed by atoms with E-state index in [1.165, 1.54) is 5.56 Å². The van der Waals surface area contributed by atoms with Crippen LogP contribution in [0.15, 0.2) is 16.8 Å². The van der Waals surface area contributed by atoms with E-state index in [9.17, 15) is 4.79 Å². The molecule has 0 aliphatic carbocycles. The minimum atomic E-state index is -0.0791. The predicted octanol–water partition coefficient (Wildman–Crippen LogP) is 0.490. The number of hydrogen-bond acceptors (Lipinski definition) is 2. The van der Waals surface area contributed by atoms with Crippen LogP contribution in [0.25, 0.3) is 0 Å². The van der Waals surface area contributed by atoms with Crippen molar-refractivity contribution in [3.63, 3.8) is 0 Å². The summed E-state index contributed by atoms with van der Waals surface area (Å²) in [6, 6.07) is 1.95. The summed E-state index contributed by atoms with van der Waals surface area (Å²) in [7, 11) is 0. The third-order valence-electron chi connectivity index (χ3n) is 1.64. The van der Waals surface area contributed by atoms with Crippen LogP contribution in [0.4, 0.5) is 0 Å². The van der Waals surface area contributed by atoms with Crippen LogP contribution >= 0.6 is 11.3 Å². The Hall–Kier alpha value is -0.670. The molecule has 0 saturated heterocycles. The number of hydrogen-bond donors (Lipinski definition) is 1. The van der Waals surface area contributed by atoms with Gasteiger partial charge in [0.2, 0.25) is 0 Å². The molecule has 0 bridgehead atoms. The van der Waals surface area contributed by atoms with E-state index in [-0.39, 0.29) is 11.8 Å². The highest BCUT2D eigenvalue weighted by molar-refractivity contribution is 7.07. The van der Waals surface area contributed by atoms with E-state index >= 15 is 0 Å². The van der Waals surface area contributed by atoms with Crippen molar-refractivity contribution < 1.29 is 10.5 Å². The minimum Gasteiger partial charge on any atom is -0.349 e. The van der Waals surface area contributed by atoms with Crippen molar-refractivity contribution in [1.82, 2.24) is 0 Å². The van der Waals surface area contributed by atoms with Crippen LogP contribution < -0.4 is 5.73 Å². The summed E-state index contributed by atoms with van der Waals surface area (Å²) in [5, 5.41) is 4.07. The highest BCUT2D eigenvalue weighted by atomic mass is 32.1. The van der Waals surface area contributed by atoms with Crippen LogP contribution in [0, 0.1) is 0 Å². The SMILES string of the molecule is CC(=O)C([NH3+])Cc1ccsc1. The molecule has 0 saturated carbocycles. The average molecular weight is 170 g/mol. The monoisotopic (exact) mass is 170 g/mol. The number of carbonyl (C=O) groups excluding carboxylic acids is 1. The fourth-order valence-electron chi connectivity index (χ4n) is 0.837. The number of rotatable bonds is 3. The van der Waals surface area contributed by atoms with Crippen LogP contribution in [0.3, 0.4) is 0 Å². The second kappa shape index (κ2) is 3.64. The first kappa shape index (κ1) is 8.43. The standard InChI is InChI=1S/C8H11NOS/c1-6(10)8(9)4-7-2-3-11-5-7/h2-3,5,8H,4,9H2,1H3/p+1. The Bertz CT molecular complexity index is 230. The maximum atomic E-state index is 10.8. The topological polar surface area (TPSA) is 44.7 Å². The van der Waals surface area contributed by atoms with Gasteiger partial charge in [0.1, 0.15) is 6.04 Å². The molecule has 1 aromatic rings. The Balaban J connectivity index is 2.50. The lowest BCUT2D eigenvalue weighted by atomic mass is 10.1. The van der Waals surface area contributed by atoms with Crippen molar-refractivity contribution in [2.75, 3.05) is 0 Å². The lowest BCUT2D eigenvalue weighted by Crippen LogP contribution is -2.65. The van der Waals surface area contributed by atoms with Crippen molar-refractivity contribution in [2.45, 2.75) is 19.4 Å². The quantitative estimate of drug-likeness (QED) is 0.705. The van der Waals surface area contributed by atoms with Gasteiger partial charge in [0.15, 0.2) is 5.78 Å². The molecule has 0 fully saturated rings. The van der Waals surface area contributed by atoms with Gasteiger partial charge >= 0.3 is 0 Å². The molecular weight excluding hydrogens is 158 g/mol. The second-order valence-corrected chi connectivity index (χ2v) is 3.42. The minimum absolute atomic E-state index is 0.0791. The summed E-state index contributed by atoms with van der Waals surface area (Å²) in [6.45, 7) is 1.59. The number of thiophene rings is 1. The van der Waals surface area contributed by atoms with E-state index in [1.807, 2.05) is 11.4 Å². The molecule has 3 N–H and O–H groups in total. The number of Topliss-reactive ketones (excluding diaryl/α,β-unsaturated/α-hetero) is 1. The normalized spacial score (nSPS) is 12.9. The fraction of sp³-hybridized carbons (Fsp3) is 0.375. The van der Waals surface area contributed by atoms with Gasteiger partial charge in [-0.15, -0.1) is 0 Å². The molecule has 1 atom stereocenters. The van der Waals surface area contributed by atoms with Gasteiger partial charge in [-0.2, -0.15) is 11.3 Å². The van der Waals surface area contributed by atoms with Gasteiger partial charge in [-0.3, -0.25) is 4.79 Å². The van der Waals surface area contributed by atoms with E-state index in [0.29, 0.717) is 0 Å². The summed E-state index contributed by atoms with van der Waals surface area (Å²) in [4.78, 5) is 10.8. The van der Waals surface area contributed by atoms with Crippen LogP contribution in [0.2, 0.25) is 0 Å². The molecule has 1 aromatic heterocycles. The van der Waals surface area contributed by atoms with Crippen molar-refractivity contribution >= 4 is 17.1 Å². The van der Waals surface area contributed by atoms with E-state index < -0.39 is 0 Å². The Morgan fingerprint density at radius 1 is 1.82 bits per heavy atom. The summed E-state index contributed by atoms with van der Waals surface area (Å²) in [6.07, 6.45) is 0.777. The first-order valence-electron chi connectivity index (χ1n) is 3.54. The lowest BCUT2D eigenvalue weighted by molar-refractivity contribution is -0.402. The van der Waals surface area contributed by atoms with Crippen LogP contribution in [-0.4, -0.2) is 11.8 Å². The molecule has 0 radical (unpaired) electrons. The van der Waals surface area contributed by atoms with Crippen molar-refractivity contribution in [3.05, 3.63) is 22.4 Å². The molecular formula is C8H12NOS+. The van der Waals surface area contributed by atoms with E-state index in [2.05, 4.69) is 11.1 Å². The van der Waals surface area contributed by atoms with Gasteiger partial charge < -0.3 is 5.73 Å². The Kier molecular flexibility index (Phi) is 2.79. The zero-order valence-corrected chi connectivity index (χ0v) is 7.36. The molecule has 60 valence electrons. The molecule has 1 heterocycles. The van der Waals surface area contributed by atoms with Gasteiger partial charge in [0.05, 0.1) is 0 Å². The van der Waals surface area contributed by atoms with E-state index in [1.54, 1.807) is 18.3 Å². The van der Waals surface area contributed by atoms with Crippen LogP contribution in [0.1, 0.15) is 12.5 Å². The summed E-state index contributed by atoms with van der Waals surface area (Å²) in [5.41, 5.74) is 4.98. The van der Waals surface area contributed by atoms with Crippen molar-refractivity contribution in [2.24, 2.45) is 0 Å². The highest BCUT2D eigenvalue weighted by Gasteiger charge is 2.12. The summed E-state index contributed by atoms with van der Waals surface area (Å²) >= 11 is 1.65. The summed E-state index contributed by atoms with van der Waals surface area (Å²) in [5.74, 6) is 0.163. The van der Waals surface area contributed by atoms with Gasteiger partial charge in [0.25, 0.3) is 0 Å². The third kappa shape index (κ3) is 2.44. The Morgan fingerprint density at radius 2 is 2.55 bits per heavy atom. The molecule has 0 aliphatic rings. The van der Waals surface area contributed by atoms with Gasteiger partial charge in [-0.05, 0) is 22.4 Å². The predicted molar refractivity (Wildman–Crippen MR) is 45.4 cm³/mol. The molecule has 2 nitrogen and oxygen atoms in total. The number of ketones is 1.